The van der Waals surface area contributed by atoms with Crippen LogP contribution in [0.25, 0.3) is 0 Å². The Morgan fingerprint density at radius 1 is 1.15 bits per heavy atom. The molecule has 4 heteroatoms. The number of aromatic nitrogens is 1. The van der Waals surface area contributed by atoms with Gasteiger partial charge in [0, 0.05) is 16.2 Å². The van der Waals surface area contributed by atoms with Gasteiger partial charge in [0.25, 0.3) is 0 Å². The summed E-state index contributed by atoms with van der Waals surface area (Å²) >= 11 is 3.61. The molecule has 2 aromatic rings. The molecule has 1 atom stereocenters. The SMILES string of the molecule is CNC(c1cc(C)c(Br)c(C)c1)c1cc(C)cnc1N. The fourth-order valence-corrected chi connectivity index (χ4v) is 2.71. The lowest BCUT2D eigenvalue weighted by atomic mass is 9.95. The second kappa shape index (κ2) is 5.94. The monoisotopic (exact) mass is 333 g/mol. The van der Waals surface area contributed by atoms with Crippen LogP contribution >= 0.6 is 15.9 Å². The van der Waals surface area contributed by atoms with E-state index in [4.69, 9.17) is 5.73 Å². The molecule has 0 aliphatic carbocycles. The summed E-state index contributed by atoms with van der Waals surface area (Å²) in [7, 11) is 1.94. The van der Waals surface area contributed by atoms with Crippen molar-refractivity contribution in [2.24, 2.45) is 0 Å². The highest BCUT2D eigenvalue weighted by atomic mass is 79.9. The fourth-order valence-electron chi connectivity index (χ4n) is 2.48. The van der Waals surface area contributed by atoms with Gasteiger partial charge in [0.1, 0.15) is 5.82 Å². The maximum Gasteiger partial charge on any atom is 0.128 e. The van der Waals surface area contributed by atoms with Crippen LogP contribution in [0.5, 0.6) is 0 Å². The van der Waals surface area contributed by atoms with E-state index in [1.807, 2.05) is 14.0 Å². The number of hydrogen-bond acceptors (Lipinski definition) is 3. The van der Waals surface area contributed by atoms with Gasteiger partial charge in [-0.25, -0.2) is 4.98 Å². The molecule has 0 aliphatic heterocycles. The van der Waals surface area contributed by atoms with Crippen molar-refractivity contribution >= 4 is 21.7 Å². The number of benzene rings is 1. The first kappa shape index (κ1) is 15.0. The van der Waals surface area contributed by atoms with Crippen LogP contribution in [-0.2, 0) is 0 Å². The Morgan fingerprint density at radius 3 is 2.30 bits per heavy atom. The molecule has 0 amide bonds. The first-order chi connectivity index (χ1) is 9.43. The van der Waals surface area contributed by atoms with Gasteiger partial charge in [0.05, 0.1) is 6.04 Å². The molecule has 20 heavy (non-hydrogen) atoms. The van der Waals surface area contributed by atoms with E-state index in [1.165, 1.54) is 16.7 Å². The van der Waals surface area contributed by atoms with Crippen molar-refractivity contribution in [2.45, 2.75) is 26.8 Å². The molecule has 0 aliphatic rings. The van der Waals surface area contributed by atoms with Crippen LogP contribution in [0.2, 0.25) is 0 Å². The number of nitrogens with zero attached hydrogens (tertiary/aromatic N) is 1. The fraction of sp³-hybridized carbons (Fsp3) is 0.312. The van der Waals surface area contributed by atoms with Crippen molar-refractivity contribution in [1.29, 1.82) is 0 Å². The van der Waals surface area contributed by atoms with Gasteiger partial charge in [0.15, 0.2) is 0 Å². The predicted molar refractivity (Wildman–Crippen MR) is 87.9 cm³/mol. The van der Waals surface area contributed by atoms with Gasteiger partial charge in [-0.3, -0.25) is 0 Å². The van der Waals surface area contributed by atoms with E-state index in [1.54, 1.807) is 6.20 Å². The van der Waals surface area contributed by atoms with Gasteiger partial charge in [0.2, 0.25) is 0 Å². The lowest BCUT2D eigenvalue weighted by Crippen LogP contribution is -2.20. The Balaban J connectivity index is 2.55. The quantitative estimate of drug-likeness (QED) is 0.901. The van der Waals surface area contributed by atoms with Crippen molar-refractivity contribution in [3.8, 4) is 0 Å². The van der Waals surface area contributed by atoms with Gasteiger partial charge < -0.3 is 11.1 Å². The van der Waals surface area contributed by atoms with Crippen molar-refractivity contribution in [1.82, 2.24) is 10.3 Å². The van der Waals surface area contributed by atoms with Crippen LogP contribution in [0.3, 0.4) is 0 Å². The number of aryl methyl sites for hydroxylation is 3. The summed E-state index contributed by atoms with van der Waals surface area (Å²) < 4.78 is 1.16. The number of hydrogen-bond donors (Lipinski definition) is 2. The number of nitrogens with one attached hydrogen (secondary N) is 1. The topological polar surface area (TPSA) is 50.9 Å². The van der Waals surface area contributed by atoms with Crippen LogP contribution in [0.15, 0.2) is 28.9 Å². The molecule has 1 aromatic carbocycles. The molecular formula is C16H20BrN3. The molecule has 3 nitrogen and oxygen atoms in total. The number of anilines is 1. The molecule has 1 unspecified atom stereocenters. The Bertz CT molecular complexity index is 615. The van der Waals surface area contributed by atoms with E-state index in [9.17, 15) is 0 Å². The van der Waals surface area contributed by atoms with E-state index in [2.05, 4.69) is 58.3 Å². The first-order valence-electron chi connectivity index (χ1n) is 6.60. The predicted octanol–water partition coefficient (Wildman–Crippen LogP) is 3.66. The second-order valence-electron chi connectivity index (χ2n) is 5.18. The third kappa shape index (κ3) is 2.86. The molecule has 0 radical (unpaired) electrons. The average molecular weight is 334 g/mol. The Hall–Kier alpha value is -1.39. The van der Waals surface area contributed by atoms with E-state index < -0.39 is 0 Å². The zero-order valence-electron chi connectivity index (χ0n) is 12.3. The highest BCUT2D eigenvalue weighted by Crippen LogP contribution is 2.30. The Labute approximate surface area is 128 Å². The molecular weight excluding hydrogens is 314 g/mol. The van der Waals surface area contributed by atoms with E-state index in [-0.39, 0.29) is 6.04 Å². The third-order valence-electron chi connectivity index (χ3n) is 3.48. The minimum atomic E-state index is 0.0490. The maximum absolute atomic E-state index is 6.05. The largest absolute Gasteiger partial charge is 0.383 e. The minimum Gasteiger partial charge on any atom is -0.383 e. The zero-order valence-corrected chi connectivity index (χ0v) is 13.9. The van der Waals surface area contributed by atoms with Gasteiger partial charge in [-0.2, -0.15) is 0 Å². The highest BCUT2D eigenvalue weighted by Gasteiger charge is 2.17. The van der Waals surface area contributed by atoms with Crippen LogP contribution < -0.4 is 11.1 Å². The lowest BCUT2D eigenvalue weighted by molar-refractivity contribution is 0.689. The summed E-state index contributed by atoms with van der Waals surface area (Å²) in [6.45, 7) is 6.23. The number of pyridine rings is 1. The molecule has 0 saturated heterocycles. The number of nitrogens with two attached hydrogens (primary N) is 1. The Kier molecular flexibility index (Phi) is 4.45. The second-order valence-corrected chi connectivity index (χ2v) is 5.97. The Morgan fingerprint density at radius 2 is 1.75 bits per heavy atom. The maximum atomic E-state index is 6.05. The molecule has 2 rings (SSSR count). The molecule has 1 aromatic heterocycles. The lowest BCUT2D eigenvalue weighted by Gasteiger charge is -2.20. The molecule has 106 valence electrons. The van der Waals surface area contributed by atoms with Gasteiger partial charge in [-0.05, 0) is 56.1 Å². The van der Waals surface area contributed by atoms with Crippen LogP contribution in [0.1, 0.15) is 33.9 Å². The molecule has 3 N–H and O–H groups in total. The van der Waals surface area contributed by atoms with Crippen molar-refractivity contribution in [2.75, 3.05) is 12.8 Å². The molecule has 0 bridgehead atoms. The van der Waals surface area contributed by atoms with E-state index >= 15 is 0 Å². The van der Waals surface area contributed by atoms with Crippen molar-refractivity contribution in [3.05, 3.63) is 56.7 Å². The smallest absolute Gasteiger partial charge is 0.128 e. The molecule has 0 spiro atoms. The number of nitrogen functional groups attached to an aromatic ring is 1. The van der Waals surface area contributed by atoms with Crippen LogP contribution in [-0.4, -0.2) is 12.0 Å². The zero-order chi connectivity index (χ0) is 14.9. The summed E-state index contributed by atoms with van der Waals surface area (Å²) in [5.41, 5.74) is 11.8. The first-order valence-corrected chi connectivity index (χ1v) is 7.39. The molecule has 1 heterocycles. The van der Waals surface area contributed by atoms with Crippen molar-refractivity contribution < 1.29 is 0 Å². The van der Waals surface area contributed by atoms with Gasteiger partial charge in [-0.1, -0.05) is 28.1 Å². The summed E-state index contributed by atoms with van der Waals surface area (Å²) in [4.78, 5) is 4.26. The van der Waals surface area contributed by atoms with Crippen LogP contribution in [0, 0.1) is 20.8 Å². The normalized spacial score (nSPS) is 12.4. The highest BCUT2D eigenvalue weighted by molar-refractivity contribution is 9.10. The van der Waals surface area contributed by atoms with Crippen molar-refractivity contribution in [3.63, 3.8) is 0 Å². The summed E-state index contributed by atoms with van der Waals surface area (Å²) in [6.07, 6.45) is 1.80. The molecule has 0 fully saturated rings. The summed E-state index contributed by atoms with van der Waals surface area (Å²) in [6, 6.07) is 6.50. The van der Waals surface area contributed by atoms with E-state index in [0.29, 0.717) is 5.82 Å². The average Bonchev–Trinajstić information content (AvgIpc) is 2.40. The summed E-state index contributed by atoms with van der Waals surface area (Å²) in [5, 5.41) is 3.34. The van der Waals surface area contributed by atoms with E-state index in [0.717, 1.165) is 15.6 Å². The van der Waals surface area contributed by atoms with Crippen LogP contribution in [0.4, 0.5) is 5.82 Å². The standard InChI is InChI=1S/C16H20BrN3/c1-9-5-13(16(18)20-8-9)15(19-4)12-6-10(2)14(17)11(3)7-12/h5-8,15,19H,1-4H3,(H2,18,20). The van der Waals surface area contributed by atoms with Gasteiger partial charge in [-0.15, -0.1) is 0 Å². The summed E-state index contributed by atoms with van der Waals surface area (Å²) in [5.74, 6) is 0.577. The number of rotatable bonds is 3. The minimum absolute atomic E-state index is 0.0490. The number of halogens is 1. The molecule has 0 saturated carbocycles. The van der Waals surface area contributed by atoms with Gasteiger partial charge >= 0.3 is 0 Å². The third-order valence-corrected chi connectivity index (χ3v) is 4.73.